The van der Waals surface area contributed by atoms with E-state index in [0.29, 0.717) is 16.8 Å². The zero-order valence-electron chi connectivity index (χ0n) is 7.98. The van der Waals surface area contributed by atoms with Gasteiger partial charge in [-0.1, -0.05) is 0 Å². The predicted molar refractivity (Wildman–Crippen MR) is 56.6 cm³/mol. The molecular weight excluding hydrogens is 262 g/mol. The van der Waals surface area contributed by atoms with Crippen molar-refractivity contribution >= 4 is 21.9 Å². The van der Waals surface area contributed by atoms with Gasteiger partial charge in [-0.25, -0.2) is 14.8 Å². The number of hydrogen-bond donors (Lipinski definition) is 1. The van der Waals surface area contributed by atoms with Crippen LogP contribution >= 0.6 is 15.9 Å². The third-order valence-corrected chi connectivity index (χ3v) is 2.89. The molecule has 0 spiro atoms. The molecule has 6 heteroatoms. The second kappa shape index (κ2) is 4.24. The fourth-order valence-electron chi connectivity index (χ4n) is 1.37. The van der Waals surface area contributed by atoms with Crippen LogP contribution in [0.4, 0.5) is 0 Å². The largest absolute Gasteiger partial charge is 0.476 e. The average Bonchev–Trinajstić information content (AvgIpc) is 2.13. The Morgan fingerprint density at radius 1 is 1.60 bits per heavy atom. The maximum atomic E-state index is 10.8. The van der Waals surface area contributed by atoms with Gasteiger partial charge in [0.15, 0.2) is 5.69 Å². The van der Waals surface area contributed by atoms with Gasteiger partial charge in [0, 0.05) is 6.20 Å². The fourth-order valence-corrected chi connectivity index (χ4v) is 1.73. The Balaban J connectivity index is 2.17. The van der Waals surface area contributed by atoms with Crippen LogP contribution < -0.4 is 0 Å². The van der Waals surface area contributed by atoms with E-state index in [-0.39, 0.29) is 5.69 Å². The first-order valence-electron chi connectivity index (χ1n) is 4.64. The third-order valence-electron chi connectivity index (χ3n) is 2.31. The molecule has 5 nitrogen and oxygen atoms in total. The van der Waals surface area contributed by atoms with Crippen LogP contribution in [0.5, 0.6) is 0 Å². The van der Waals surface area contributed by atoms with Crippen LogP contribution in [0.1, 0.15) is 22.7 Å². The predicted octanol–water partition coefficient (Wildman–Crippen LogP) is 1.14. The van der Waals surface area contributed by atoms with E-state index >= 15 is 0 Å². The minimum atomic E-state index is -1.03. The summed E-state index contributed by atoms with van der Waals surface area (Å²) in [6.45, 7) is 2.72. The lowest BCUT2D eigenvalue weighted by Crippen LogP contribution is -2.36. The Morgan fingerprint density at radius 2 is 2.33 bits per heavy atom. The standard InChI is InChI=1S/C9H10BrN3O2/c10-6-4-11-7(5-13-2-1-3-13)12-8(6)9(14)15/h4H,1-3,5H2,(H,14,15). The molecule has 1 aromatic rings. The van der Waals surface area contributed by atoms with Crippen LogP contribution in [0.2, 0.25) is 0 Å². The molecule has 15 heavy (non-hydrogen) atoms. The normalized spacial score (nSPS) is 16.1. The van der Waals surface area contributed by atoms with Gasteiger partial charge < -0.3 is 5.11 Å². The molecule has 2 rings (SSSR count). The second-order valence-corrected chi connectivity index (χ2v) is 4.27. The maximum absolute atomic E-state index is 10.8. The molecule has 1 aliphatic rings. The number of carboxylic acid groups (broad SMARTS) is 1. The lowest BCUT2D eigenvalue weighted by molar-refractivity contribution is 0.0688. The summed E-state index contributed by atoms with van der Waals surface area (Å²) in [4.78, 5) is 21.1. The molecule has 80 valence electrons. The van der Waals surface area contributed by atoms with Crippen molar-refractivity contribution in [2.45, 2.75) is 13.0 Å². The molecule has 0 radical (unpaired) electrons. The Kier molecular flexibility index (Phi) is 2.97. The molecule has 1 N–H and O–H groups in total. The number of rotatable bonds is 3. The van der Waals surface area contributed by atoms with E-state index in [1.165, 1.54) is 12.6 Å². The molecule has 0 bridgehead atoms. The number of nitrogens with zero attached hydrogens (tertiary/aromatic N) is 3. The van der Waals surface area contributed by atoms with Gasteiger partial charge >= 0.3 is 5.97 Å². The Labute approximate surface area is 95.3 Å². The van der Waals surface area contributed by atoms with Gasteiger partial charge in [-0.15, -0.1) is 0 Å². The van der Waals surface area contributed by atoms with E-state index in [2.05, 4.69) is 30.8 Å². The molecule has 0 unspecified atom stereocenters. The van der Waals surface area contributed by atoms with Crippen LogP contribution in [-0.4, -0.2) is 39.0 Å². The molecule has 2 heterocycles. The molecule has 1 fully saturated rings. The summed E-state index contributed by atoms with van der Waals surface area (Å²) >= 11 is 3.11. The third kappa shape index (κ3) is 2.32. The van der Waals surface area contributed by atoms with E-state index in [1.54, 1.807) is 0 Å². The van der Waals surface area contributed by atoms with Gasteiger partial charge in [0.25, 0.3) is 0 Å². The lowest BCUT2D eigenvalue weighted by atomic mass is 10.2. The Hall–Kier alpha value is -1.01. The summed E-state index contributed by atoms with van der Waals surface area (Å²) in [5.41, 5.74) is 0.0283. The van der Waals surface area contributed by atoms with Crippen molar-refractivity contribution in [3.05, 3.63) is 22.2 Å². The molecule has 1 saturated heterocycles. The quantitative estimate of drug-likeness (QED) is 0.893. The summed E-state index contributed by atoms with van der Waals surface area (Å²) in [7, 11) is 0. The summed E-state index contributed by atoms with van der Waals surface area (Å²) < 4.78 is 0.419. The smallest absolute Gasteiger partial charge is 0.355 e. The highest BCUT2D eigenvalue weighted by Crippen LogP contribution is 2.15. The van der Waals surface area contributed by atoms with Crippen LogP contribution in [0.15, 0.2) is 10.7 Å². The van der Waals surface area contributed by atoms with Crippen molar-refractivity contribution in [3.8, 4) is 0 Å². The van der Waals surface area contributed by atoms with Crippen LogP contribution in [0.3, 0.4) is 0 Å². The van der Waals surface area contributed by atoms with Crippen LogP contribution in [-0.2, 0) is 6.54 Å². The summed E-state index contributed by atoms with van der Waals surface area (Å²) in [5.74, 6) is -0.468. The monoisotopic (exact) mass is 271 g/mol. The topological polar surface area (TPSA) is 66.3 Å². The number of aromatic nitrogens is 2. The highest BCUT2D eigenvalue weighted by Gasteiger charge is 2.17. The van der Waals surface area contributed by atoms with E-state index in [1.807, 2.05) is 0 Å². The minimum absolute atomic E-state index is 0.0283. The van der Waals surface area contributed by atoms with E-state index < -0.39 is 5.97 Å². The first-order valence-corrected chi connectivity index (χ1v) is 5.43. The van der Waals surface area contributed by atoms with Crippen LogP contribution in [0.25, 0.3) is 0 Å². The highest BCUT2D eigenvalue weighted by atomic mass is 79.9. The Bertz CT molecular complexity index is 393. The molecule has 0 atom stereocenters. The number of halogens is 1. The van der Waals surface area contributed by atoms with Gasteiger partial charge in [0.2, 0.25) is 0 Å². The van der Waals surface area contributed by atoms with Gasteiger partial charge in [-0.2, -0.15) is 0 Å². The SMILES string of the molecule is O=C(O)c1nc(CN2CCC2)ncc1Br. The molecular formula is C9H10BrN3O2. The number of hydrogen-bond acceptors (Lipinski definition) is 4. The number of carboxylic acids is 1. The number of aromatic carboxylic acids is 1. The summed E-state index contributed by atoms with van der Waals surface area (Å²) in [6, 6.07) is 0. The first kappa shape index (κ1) is 10.5. The van der Waals surface area contributed by atoms with Gasteiger partial charge in [-0.05, 0) is 35.4 Å². The highest BCUT2D eigenvalue weighted by molar-refractivity contribution is 9.10. The van der Waals surface area contributed by atoms with E-state index in [0.717, 1.165) is 13.1 Å². The molecule has 1 aromatic heterocycles. The van der Waals surface area contributed by atoms with Crippen molar-refractivity contribution in [1.29, 1.82) is 0 Å². The fraction of sp³-hybridized carbons (Fsp3) is 0.444. The zero-order chi connectivity index (χ0) is 10.8. The first-order chi connectivity index (χ1) is 7.16. The average molecular weight is 272 g/mol. The molecule has 0 aliphatic carbocycles. The zero-order valence-corrected chi connectivity index (χ0v) is 9.57. The lowest BCUT2D eigenvalue weighted by Gasteiger charge is -2.29. The van der Waals surface area contributed by atoms with Gasteiger partial charge in [0.05, 0.1) is 11.0 Å². The van der Waals surface area contributed by atoms with Crippen molar-refractivity contribution in [2.24, 2.45) is 0 Å². The Morgan fingerprint density at radius 3 is 2.87 bits per heavy atom. The number of carbonyl (C=O) groups is 1. The summed E-state index contributed by atoms with van der Waals surface area (Å²) in [5, 5.41) is 8.86. The van der Waals surface area contributed by atoms with E-state index in [9.17, 15) is 4.79 Å². The summed E-state index contributed by atoms with van der Waals surface area (Å²) in [6.07, 6.45) is 2.69. The molecule has 0 saturated carbocycles. The van der Waals surface area contributed by atoms with Gasteiger partial charge in [-0.3, -0.25) is 4.90 Å². The van der Waals surface area contributed by atoms with Crippen molar-refractivity contribution in [1.82, 2.24) is 14.9 Å². The molecule has 0 aromatic carbocycles. The van der Waals surface area contributed by atoms with Crippen molar-refractivity contribution in [3.63, 3.8) is 0 Å². The molecule has 0 amide bonds. The second-order valence-electron chi connectivity index (χ2n) is 3.42. The maximum Gasteiger partial charge on any atom is 0.355 e. The number of likely N-dealkylation sites (tertiary alicyclic amines) is 1. The minimum Gasteiger partial charge on any atom is -0.476 e. The van der Waals surface area contributed by atoms with Crippen LogP contribution in [0, 0.1) is 0 Å². The van der Waals surface area contributed by atoms with Crippen molar-refractivity contribution in [2.75, 3.05) is 13.1 Å². The van der Waals surface area contributed by atoms with Crippen molar-refractivity contribution < 1.29 is 9.90 Å². The molecule has 1 aliphatic heterocycles. The van der Waals surface area contributed by atoms with Gasteiger partial charge in [0.1, 0.15) is 5.82 Å². The van der Waals surface area contributed by atoms with E-state index in [4.69, 9.17) is 5.11 Å².